The van der Waals surface area contributed by atoms with E-state index >= 15 is 0 Å². The third-order valence-electron chi connectivity index (χ3n) is 2.51. The van der Waals surface area contributed by atoms with E-state index in [0.29, 0.717) is 17.9 Å². The lowest BCUT2D eigenvalue weighted by Crippen LogP contribution is -2.20. The van der Waals surface area contributed by atoms with Gasteiger partial charge in [0, 0.05) is 18.7 Å². The Morgan fingerprint density at radius 3 is 2.40 bits per heavy atom. The molecule has 1 rings (SSSR count). The maximum Gasteiger partial charge on any atom is 0.278 e. The van der Waals surface area contributed by atoms with Crippen molar-refractivity contribution < 1.29 is 8.78 Å². The van der Waals surface area contributed by atoms with Crippen molar-refractivity contribution in [2.45, 2.75) is 39.7 Å². The number of nitrogens with two attached hydrogens (primary N) is 1. The zero-order valence-electron chi connectivity index (χ0n) is 9.35. The van der Waals surface area contributed by atoms with Crippen molar-refractivity contribution in [1.82, 2.24) is 9.78 Å². The molecule has 3 nitrogen and oxygen atoms in total. The van der Waals surface area contributed by atoms with Crippen molar-refractivity contribution in [3.63, 3.8) is 0 Å². The lowest BCUT2D eigenvalue weighted by atomic mass is 10.0. The number of alkyl halides is 2. The number of rotatable bonds is 4. The molecule has 0 atom stereocenters. The van der Waals surface area contributed by atoms with Gasteiger partial charge in [0.1, 0.15) is 0 Å². The lowest BCUT2D eigenvalue weighted by Gasteiger charge is -2.16. The Bertz CT molecular complexity index is 345. The first kappa shape index (κ1) is 12.1. The molecule has 0 aliphatic carbocycles. The molecule has 0 bridgehead atoms. The summed E-state index contributed by atoms with van der Waals surface area (Å²) in [6, 6.07) is 0. The van der Waals surface area contributed by atoms with E-state index in [1.165, 1.54) is 0 Å². The molecule has 0 saturated heterocycles. The van der Waals surface area contributed by atoms with Crippen LogP contribution in [0.3, 0.4) is 0 Å². The highest BCUT2D eigenvalue weighted by Gasteiger charge is 2.36. The van der Waals surface area contributed by atoms with E-state index in [-0.39, 0.29) is 18.5 Å². The first-order valence-corrected chi connectivity index (χ1v) is 5.06. The number of aromatic nitrogens is 2. The van der Waals surface area contributed by atoms with Gasteiger partial charge in [0.15, 0.2) is 0 Å². The highest BCUT2D eigenvalue weighted by atomic mass is 19.3. The van der Waals surface area contributed by atoms with Crippen LogP contribution in [-0.4, -0.2) is 16.3 Å². The zero-order chi connectivity index (χ0) is 11.6. The fourth-order valence-electron chi connectivity index (χ4n) is 1.84. The molecule has 86 valence electrons. The molecule has 1 heterocycles. The normalized spacial score (nSPS) is 12.1. The van der Waals surface area contributed by atoms with Crippen LogP contribution in [0, 0.1) is 13.8 Å². The van der Waals surface area contributed by atoms with Crippen LogP contribution in [-0.2, 0) is 12.5 Å². The van der Waals surface area contributed by atoms with Crippen LogP contribution >= 0.6 is 0 Å². The van der Waals surface area contributed by atoms with Gasteiger partial charge in [-0.25, -0.2) is 8.78 Å². The quantitative estimate of drug-likeness (QED) is 0.837. The van der Waals surface area contributed by atoms with Gasteiger partial charge in [0.2, 0.25) is 0 Å². The summed E-state index contributed by atoms with van der Waals surface area (Å²) >= 11 is 0. The Labute approximate surface area is 88.3 Å². The average molecular weight is 217 g/mol. The average Bonchev–Trinajstić information content (AvgIpc) is 2.41. The molecule has 1 aromatic heterocycles. The minimum Gasteiger partial charge on any atom is -0.330 e. The van der Waals surface area contributed by atoms with Gasteiger partial charge in [-0.05, 0) is 27.3 Å². The number of hydrogen-bond donors (Lipinski definition) is 1. The summed E-state index contributed by atoms with van der Waals surface area (Å²) in [6.07, 6.45) is -0.329. The van der Waals surface area contributed by atoms with E-state index in [1.807, 2.05) is 6.92 Å². The molecule has 0 radical (unpaired) electrons. The molecule has 2 N–H and O–H groups in total. The predicted octanol–water partition coefficient (Wildman–Crippen LogP) is 1.96. The van der Waals surface area contributed by atoms with Crippen molar-refractivity contribution in [2.75, 3.05) is 6.54 Å². The van der Waals surface area contributed by atoms with Crippen molar-refractivity contribution in [3.05, 3.63) is 17.0 Å². The molecule has 0 unspecified atom stereocenters. The van der Waals surface area contributed by atoms with Crippen LogP contribution in [0.25, 0.3) is 0 Å². The second kappa shape index (κ2) is 4.26. The lowest BCUT2D eigenvalue weighted by molar-refractivity contribution is -0.0120. The van der Waals surface area contributed by atoms with Gasteiger partial charge in [-0.1, -0.05) is 0 Å². The number of hydrogen-bond acceptors (Lipinski definition) is 2. The molecule has 15 heavy (non-hydrogen) atoms. The largest absolute Gasteiger partial charge is 0.330 e. The van der Waals surface area contributed by atoms with Crippen LogP contribution in [0.15, 0.2) is 0 Å². The van der Waals surface area contributed by atoms with Crippen molar-refractivity contribution in [1.29, 1.82) is 0 Å². The molecule has 0 spiro atoms. The Kier molecular flexibility index (Phi) is 3.44. The number of halogens is 2. The first-order chi connectivity index (χ1) is 6.94. The highest BCUT2D eigenvalue weighted by molar-refractivity contribution is 5.29. The van der Waals surface area contributed by atoms with Crippen molar-refractivity contribution in [2.24, 2.45) is 5.73 Å². The SMILES string of the molecule is CCn1nc(C)c(C(F)(F)CCN)c1C. The third kappa shape index (κ3) is 2.17. The second-order valence-corrected chi connectivity index (χ2v) is 3.60. The van der Waals surface area contributed by atoms with Gasteiger partial charge in [-0.2, -0.15) is 5.10 Å². The van der Waals surface area contributed by atoms with E-state index in [2.05, 4.69) is 5.10 Å². The second-order valence-electron chi connectivity index (χ2n) is 3.60. The summed E-state index contributed by atoms with van der Waals surface area (Å²) in [4.78, 5) is 0. The van der Waals surface area contributed by atoms with Gasteiger partial charge >= 0.3 is 0 Å². The molecule has 0 fully saturated rings. The molecule has 0 saturated carbocycles. The molecule has 5 heteroatoms. The minimum atomic E-state index is -2.86. The monoisotopic (exact) mass is 217 g/mol. The number of aryl methyl sites for hydroxylation is 2. The predicted molar refractivity (Wildman–Crippen MR) is 54.9 cm³/mol. The van der Waals surface area contributed by atoms with E-state index in [9.17, 15) is 8.78 Å². The Balaban J connectivity index is 3.18. The molecule has 1 aromatic rings. The van der Waals surface area contributed by atoms with E-state index in [0.717, 1.165) is 0 Å². The molecule has 0 aliphatic heterocycles. The molecular weight excluding hydrogens is 200 g/mol. The smallest absolute Gasteiger partial charge is 0.278 e. The molecular formula is C10H17F2N3. The van der Waals surface area contributed by atoms with E-state index < -0.39 is 5.92 Å². The molecule has 0 aliphatic rings. The van der Waals surface area contributed by atoms with Gasteiger partial charge in [0.25, 0.3) is 5.92 Å². The van der Waals surface area contributed by atoms with E-state index in [4.69, 9.17) is 5.73 Å². The van der Waals surface area contributed by atoms with Gasteiger partial charge in [0.05, 0.1) is 11.3 Å². The van der Waals surface area contributed by atoms with E-state index in [1.54, 1.807) is 18.5 Å². The Hall–Kier alpha value is -0.970. The van der Waals surface area contributed by atoms with Crippen LogP contribution in [0.5, 0.6) is 0 Å². The Morgan fingerprint density at radius 1 is 1.40 bits per heavy atom. The van der Waals surface area contributed by atoms with Crippen molar-refractivity contribution in [3.8, 4) is 0 Å². The summed E-state index contributed by atoms with van der Waals surface area (Å²) in [5, 5.41) is 4.07. The molecule has 0 amide bonds. The summed E-state index contributed by atoms with van der Waals surface area (Å²) in [5.41, 5.74) is 6.15. The minimum absolute atomic E-state index is 0.0246. The summed E-state index contributed by atoms with van der Waals surface area (Å²) < 4.78 is 29.0. The zero-order valence-corrected chi connectivity index (χ0v) is 9.35. The maximum atomic E-state index is 13.7. The van der Waals surface area contributed by atoms with Crippen molar-refractivity contribution >= 4 is 0 Å². The van der Waals surface area contributed by atoms with Crippen LogP contribution in [0.1, 0.15) is 30.3 Å². The van der Waals surface area contributed by atoms with Crippen LogP contribution in [0.2, 0.25) is 0 Å². The summed E-state index contributed by atoms with van der Waals surface area (Å²) in [6.45, 7) is 5.74. The standard InChI is InChI=1S/C10H17F2N3/c1-4-15-8(3)9(7(2)14-15)10(11,12)5-6-13/h4-6,13H2,1-3H3. The summed E-state index contributed by atoms with van der Waals surface area (Å²) in [7, 11) is 0. The van der Waals surface area contributed by atoms with Gasteiger partial charge < -0.3 is 5.73 Å². The third-order valence-corrected chi connectivity index (χ3v) is 2.51. The van der Waals surface area contributed by atoms with Crippen LogP contribution in [0.4, 0.5) is 8.78 Å². The van der Waals surface area contributed by atoms with Gasteiger partial charge in [-0.3, -0.25) is 4.68 Å². The Morgan fingerprint density at radius 2 is 2.00 bits per heavy atom. The topological polar surface area (TPSA) is 43.8 Å². The van der Waals surface area contributed by atoms with Crippen LogP contribution < -0.4 is 5.73 Å². The fraction of sp³-hybridized carbons (Fsp3) is 0.700. The first-order valence-electron chi connectivity index (χ1n) is 5.06. The maximum absolute atomic E-state index is 13.7. The highest BCUT2D eigenvalue weighted by Crippen LogP contribution is 2.35. The number of nitrogens with zero attached hydrogens (tertiary/aromatic N) is 2. The fourth-order valence-corrected chi connectivity index (χ4v) is 1.84. The van der Waals surface area contributed by atoms with Gasteiger partial charge in [-0.15, -0.1) is 0 Å². The summed E-state index contributed by atoms with van der Waals surface area (Å²) in [5.74, 6) is -2.86. The molecule has 0 aromatic carbocycles.